The number of nitriles is 1. The summed E-state index contributed by atoms with van der Waals surface area (Å²) in [5.74, 6) is -0.561. The maximum atomic E-state index is 11.6. The molecule has 3 heteroatoms. The summed E-state index contributed by atoms with van der Waals surface area (Å²) in [6.45, 7) is 5.71. The van der Waals surface area contributed by atoms with Crippen LogP contribution in [0, 0.1) is 18.3 Å². The summed E-state index contributed by atoms with van der Waals surface area (Å²) in [6.07, 6.45) is 0. The molecule has 1 aromatic rings. The van der Waals surface area contributed by atoms with Gasteiger partial charge in [0.15, 0.2) is 0 Å². The molecule has 0 spiro atoms. The average molecular weight is 229 g/mol. The van der Waals surface area contributed by atoms with Crippen molar-refractivity contribution in [3.05, 3.63) is 41.0 Å². The van der Waals surface area contributed by atoms with Gasteiger partial charge in [-0.3, -0.25) is 0 Å². The highest BCUT2D eigenvalue weighted by atomic mass is 16.5. The summed E-state index contributed by atoms with van der Waals surface area (Å²) >= 11 is 0. The molecule has 0 saturated heterocycles. The minimum Gasteiger partial charge on any atom is -0.462 e. The second-order valence-corrected chi connectivity index (χ2v) is 3.70. The van der Waals surface area contributed by atoms with E-state index >= 15 is 0 Å². The molecular formula is C14H15NO2. The van der Waals surface area contributed by atoms with Crippen LogP contribution in [0.25, 0.3) is 5.57 Å². The summed E-state index contributed by atoms with van der Waals surface area (Å²) in [5.41, 5.74) is 2.67. The minimum atomic E-state index is -0.561. The summed E-state index contributed by atoms with van der Waals surface area (Å²) in [7, 11) is 0. The predicted octanol–water partition coefficient (Wildman–Crippen LogP) is 2.86. The maximum absolute atomic E-state index is 11.6. The van der Waals surface area contributed by atoms with Crippen LogP contribution in [0.4, 0.5) is 0 Å². The van der Waals surface area contributed by atoms with E-state index in [1.54, 1.807) is 13.8 Å². The van der Waals surface area contributed by atoms with Gasteiger partial charge in [-0.15, -0.1) is 0 Å². The van der Waals surface area contributed by atoms with Crippen molar-refractivity contribution in [2.45, 2.75) is 20.8 Å². The van der Waals surface area contributed by atoms with Crippen LogP contribution < -0.4 is 0 Å². The Balaban J connectivity index is 3.18. The van der Waals surface area contributed by atoms with Crippen LogP contribution in [0.3, 0.4) is 0 Å². The number of ether oxygens (including phenoxy) is 1. The zero-order valence-corrected chi connectivity index (χ0v) is 10.3. The number of rotatable bonds is 3. The molecule has 0 aliphatic carbocycles. The highest BCUT2D eigenvalue weighted by Gasteiger charge is 2.14. The van der Waals surface area contributed by atoms with E-state index in [2.05, 4.69) is 0 Å². The van der Waals surface area contributed by atoms with Crippen molar-refractivity contribution >= 4 is 11.5 Å². The zero-order chi connectivity index (χ0) is 12.8. The Kier molecular flexibility index (Phi) is 4.47. The Bertz CT molecular complexity index is 495. The number of hydrogen-bond donors (Lipinski definition) is 0. The van der Waals surface area contributed by atoms with Gasteiger partial charge in [0.1, 0.15) is 11.6 Å². The van der Waals surface area contributed by atoms with Gasteiger partial charge >= 0.3 is 5.97 Å². The first kappa shape index (κ1) is 13.0. The summed E-state index contributed by atoms with van der Waals surface area (Å²) < 4.78 is 4.85. The topological polar surface area (TPSA) is 50.1 Å². The Labute approximate surface area is 101 Å². The fraction of sp³-hybridized carbons (Fsp3) is 0.286. The molecule has 1 aromatic carbocycles. The molecule has 0 N–H and O–H groups in total. The lowest BCUT2D eigenvalue weighted by Gasteiger charge is -2.06. The van der Waals surface area contributed by atoms with Crippen molar-refractivity contribution in [3.63, 3.8) is 0 Å². The number of nitrogens with zero attached hydrogens (tertiary/aromatic N) is 1. The van der Waals surface area contributed by atoms with Gasteiger partial charge < -0.3 is 4.74 Å². The Morgan fingerprint density at radius 1 is 1.47 bits per heavy atom. The van der Waals surface area contributed by atoms with Crippen LogP contribution in [0.15, 0.2) is 29.8 Å². The van der Waals surface area contributed by atoms with Gasteiger partial charge in [0.05, 0.1) is 6.61 Å². The van der Waals surface area contributed by atoms with Crippen LogP contribution in [-0.2, 0) is 9.53 Å². The smallest absolute Gasteiger partial charge is 0.349 e. The Morgan fingerprint density at radius 3 is 2.71 bits per heavy atom. The van der Waals surface area contributed by atoms with Crippen LogP contribution in [0.1, 0.15) is 25.0 Å². The molecule has 0 bridgehead atoms. The summed E-state index contributed by atoms with van der Waals surface area (Å²) in [6, 6.07) is 9.58. The van der Waals surface area contributed by atoms with E-state index < -0.39 is 5.97 Å². The van der Waals surface area contributed by atoms with Gasteiger partial charge in [0.25, 0.3) is 0 Å². The van der Waals surface area contributed by atoms with Crippen LogP contribution in [0.2, 0.25) is 0 Å². The van der Waals surface area contributed by atoms with Gasteiger partial charge in [-0.1, -0.05) is 29.8 Å². The highest BCUT2D eigenvalue weighted by Crippen LogP contribution is 2.19. The normalized spacial score (nSPS) is 11.4. The van der Waals surface area contributed by atoms with Gasteiger partial charge in [0.2, 0.25) is 0 Å². The molecule has 0 amide bonds. The van der Waals surface area contributed by atoms with Crippen molar-refractivity contribution in [1.29, 1.82) is 5.26 Å². The molecule has 1 rings (SSSR count). The molecular weight excluding hydrogens is 214 g/mol. The van der Waals surface area contributed by atoms with Crippen molar-refractivity contribution in [1.82, 2.24) is 0 Å². The van der Waals surface area contributed by atoms with E-state index in [9.17, 15) is 4.79 Å². The molecule has 0 aliphatic rings. The molecule has 0 radical (unpaired) electrons. The molecule has 0 heterocycles. The lowest BCUT2D eigenvalue weighted by molar-refractivity contribution is -0.137. The number of esters is 1. The first-order valence-corrected chi connectivity index (χ1v) is 5.45. The van der Waals surface area contributed by atoms with Crippen LogP contribution in [0.5, 0.6) is 0 Å². The lowest BCUT2D eigenvalue weighted by Crippen LogP contribution is -2.08. The molecule has 0 atom stereocenters. The third-order valence-electron chi connectivity index (χ3n) is 2.42. The number of aryl methyl sites for hydroxylation is 1. The molecule has 0 fully saturated rings. The predicted molar refractivity (Wildman–Crippen MR) is 66.0 cm³/mol. The molecule has 0 aromatic heterocycles. The van der Waals surface area contributed by atoms with Gasteiger partial charge in [-0.25, -0.2) is 4.79 Å². The third kappa shape index (κ3) is 3.18. The molecule has 17 heavy (non-hydrogen) atoms. The van der Waals surface area contributed by atoms with E-state index in [0.717, 1.165) is 11.1 Å². The van der Waals surface area contributed by atoms with E-state index in [0.29, 0.717) is 5.57 Å². The van der Waals surface area contributed by atoms with E-state index in [1.165, 1.54) is 0 Å². The third-order valence-corrected chi connectivity index (χ3v) is 2.42. The van der Waals surface area contributed by atoms with E-state index in [1.807, 2.05) is 37.3 Å². The van der Waals surface area contributed by atoms with Crippen molar-refractivity contribution in [2.75, 3.05) is 6.61 Å². The fourth-order valence-electron chi connectivity index (χ4n) is 1.51. The van der Waals surface area contributed by atoms with E-state index in [-0.39, 0.29) is 12.2 Å². The second kappa shape index (κ2) is 5.86. The lowest BCUT2D eigenvalue weighted by atomic mass is 10.0. The SMILES string of the molecule is CCOC(=O)C(C#N)=C(C)c1cccc(C)c1. The quantitative estimate of drug-likeness (QED) is 0.455. The Morgan fingerprint density at radius 2 is 2.18 bits per heavy atom. The van der Waals surface area contributed by atoms with Crippen molar-refractivity contribution < 1.29 is 9.53 Å². The number of carbonyl (C=O) groups is 1. The van der Waals surface area contributed by atoms with Crippen molar-refractivity contribution in [2.24, 2.45) is 0 Å². The Hall–Kier alpha value is -2.08. The van der Waals surface area contributed by atoms with Gasteiger partial charge in [-0.2, -0.15) is 5.26 Å². The molecule has 0 saturated carbocycles. The fourth-order valence-corrected chi connectivity index (χ4v) is 1.51. The zero-order valence-electron chi connectivity index (χ0n) is 10.3. The molecule has 3 nitrogen and oxygen atoms in total. The molecule has 0 aliphatic heterocycles. The number of allylic oxidation sites excluding steroid dienone is 1. The van der Waals surface area contributed by atoms with E-state index in [4.69, 9.17) is 10.00 Å². The largest absolute Gasteiger partial charge is 0.462 e. The second-order valence-electron chi connectivity index (χ2n) is 3.70. The first-order valence-electron chi connectivity index (χ1n) is 5.45. The number of hydrogen-bond acceptors (Lipinski definition) is 3. The minimum absolute atomic E-state index is 0.0671. The molecule has 0 unspecified atom stereocenters. The molecule has 88 valence electrons. The highest BCUT2D eigenvalue weighted by molar-refractivity contribution is 6.01. The standard InChI is InChI=1S/C14H15NO2/c1-4-17-14(16)13(9-15)11(3)12-7-5-6-10(2)8-12/h5-8H,4H2,1-3H3. The van der Waals surface area contributed by atoms with Gasteiger partial charge in [-0.05, 0) is 31.9 Å². The van der Waals surface area contributed by atoms with Gasteiger partial charge in [0, 0.05) is 0 Å². The van der Waals surface area contributed by atoms with Crippen LogP contribution in [-0.4, -0.2) is 12.6 Å². The monoisotopic (exact) mass is 229 g/mol. The van der Waals surface area contributed by atoms with Crippen LogP contribution >= 0.6 is 0 Å². The van der Waals surface area contributed by atoms with Crippen molar-refractivity contribution in [3.8, 4) is 6.07 Å². The number of carbonyl (C=O) groups excluding carboxylic acids is 1. The summed E-state index contributed by atoms with van der Waals surface area (Å²) in [4.78, 5) is 11.6. The summed E-state index contributed by atoms with van der Waals surface area (Å²) in [5, 5.41) is 9.02. The average Bonchev–Trinajstić information content (AvgIpc) is 2.30. The maximum Gasteiger partial charge on any atom is 0.349 e. The number of benzene rings is 1. The first-order chi connectivity index (χ1) is 8.10.